The van der Waals surface area contributed by atoms with E-state index in [4.69, 9.17) is 4.74 Å². The number of hydrogen-bond donors (Lipinski definition) is 1. The van der Waals surface area contributed by atoms with E-state index in [0.717, 1.165) is 24.2 Å². The number of rotatable bonds is 6. The predicted molar refractivity (Wildman–Crippen MR) is 103 cm³/mol. The SMILES string of the molecule is COC(=O)c1c(S(=O)(=O)NC2CC2)sc2c1CCN(Cc1c(F)cccc1F)C2. The molecule has 1 aliphatic heterocycles. The largest absolute Gasteiger partial charge is 0.465 e. The number of fused-ring (bicyclic) bond motifs is 1. The number of ether oxygens (including phenoxy) is 1. The summed E-state index contributed by atoms with van der Waals surface area (Å²) >= 11 is 1.02. The number of nitrogens with zero attached hydrogens (tertiary/aromatic N) is 1. The molecule has 2 heterocycles. The Morgan fingerprint density at radius 1 is 1.31 bits per heavy atom. The van der Waals surface area contributed by atoms with Crippen LogP contribution in [0.15, 0.2) is 22.4 Å². The maximum absolute atomic E-state index is 14.0. The molecule has 0 unspecified atom stereocenters. The zero-order valence-corrected chi connectivity index (χ0v) is 17.3. The third-order valence-corrected chi connectivity index (χ3v) is 8.34. The second-order valence-electron chi connectivity index (χ2n) is 7.21. The average molecular weight is 443 g/mol. The predicted octanol–water partition coefficient (Wildman–Crippen LogP) is 2.81. The summed E-state index contributed by atoms with van der Waals surface area (Å²) < 4.78 is 60.9. The third-order valence-electron chi connectivity index (χ3n) is 5.08. The molecule has 1 saturated carbocycles. The number of carbonyl (C=O) groups is 1. The van der Waals surface area contributed by atoms with Crippen LogP contribution in [0.25, 0.3) is 0 Å². The quantitative estimate of drug-likeness (QED) is 0.697. The summed E-state index contributed by atoms with van der Waals surface area (Å²) in [7, 11) is -2.62. The van der Waals surface area contributed by atoms with Crippen molar-refractivity contribution in [3.8, 4) is 0 Å². The molecule has 1 fully saturated rings. The molecule has 1 aromatic carbocycles. The highest BCUT2D eigenvalue weighted by atomic mass is 32.2. The van der Waals surface area contributed by atoms with Gasteiger partial charge in [-0.1, -0.05) is 6.07 Å². The van der Waals surface area contributed by atoms with Gasteiger partial charge < -0.3 is 4.74 Å². The van der Waals surface area contributed by atoms with Gasteiger partial charge in [-0.15, -0.1) is 11.3 Å². The van der Waals surface area contributed by atoms with Crippen LogP contribution in [0.3, 0.4) is 0 Å². The van der Waals surface area contributed by atoms with E-state index in [9.17, 15) is 22.0 Å². The average Bonchev–Trinajstić information content (AvgIpc) is 3.39. The number of halogens is 2. The van der Waals surface area contributed by atoms with Crippen molar-refractivity contribution >= 4 is 27.3 Å². The van der Waals surface area contributed by atoms with E-state index < -0.39 is 27.6 Å². The molecule has 0 spiro atoms. The highest BCUT2D eigenvalue weighted by Gasteiger charge is 2.36. The maximum atomic E-state index is 14.0. The van der Waals surface area contributed by atoms with Gasteiger partial charge in [-0.05, 0) is 37.0 Å². The molecule has 1 aromatic heterocycles. The van der Waals surface area contributed by atoms with Gasteiger partial charge in [0.15, 0.2) is 0 Å². The first-order chi connectivity index (χ1) is 13.8. The Labute approximate surface area is 171 Å². The zero-order chi connectivity index (χ0) is 20.8. The molecular weight excluding hydrogens is 422 g/mol. The first-order valence-corrected chi connectivity index (χ1v) is 11.5. The number of esters is 1. The number of carbonyl (C=O) groups excluding carboxylic acids is 1. The normalized spacial score (nSPS) is 17.2. The topological polar surface area (TPSA) is 75.7 Å². The van der Waals surface area contributed by atoms with Crippen LogP contribution in [0.2, 0.25) is 0 Å². The summed E-state index contributed by atoms with van der Waals surface area (Å²) in [6, 6.07) is 3.64. The monoisotopic (exact) mass is 442 g/mol. The van der Waals surface area contributed by atoms with Crippen molar-refractivity contribution in [2.45, 2.75) is 42.6 Å². The minimum absolute atomic E-state index is 0.0241. The van der Waals surface area contributed by atoms with Gasteiger partial charge in [0.25, 0.3) is 10.0 Å². The molecule has 156 valence electrons. The lowest BCUT2D eigenvalue weighted by Gasteiger charge is -2.27. The first-order valence-electron chi connectivity index (χ1n) is 9.20. The van der Waals surface area contributed by atoms with Crippen molar-refractivity contribution in [1.29, 1.82) is 0 Å². The van der Waals surface area contributed by atoms with E-state index in [2.05, 4.69) is 4.72 Å². The van der Waals surface area contributed by atoms with Crippen molar-refractivity contribution in [2.24, 2.45) is 0 Å². The zero-order valence-electron chi connectivity index (χ0n) is 15.7. The lowest BCUT2D eigenvalue weighted by atomic mass is 10.0. The van der Waals surface area contributed by atoms with Crippen LogP contribution in [0.5, 0.6) is 0 Å². The second kappa shape index (κ2) is 7.75. The van der Waals surface area contributed by atoms with Crippen LogP contribution in [0.4, 0.5) is 8.78 Å². The molecule has 4 rings (SSSR count). The molecule has 1 N–H and O–H groups in total. The molecule has 1 aliphatic carbocycles. The molecule has 10 heteroatoms. The van der Waals surface area contributed by atoms with E-state index in [1.165, 1.54) is 25.3 Å². The lowest BCUT2D eigenvalue weighted by molar-refractivity contribution is 0.0595. The van der Waals surface area contributed by atoms with Crippen molar-refractivity contribution < 1.29 is 26.7 Å². The highest BCUT2D eigenvalue weighted by Crippen LogP contribution is 2.38. The fourth-order valence-electron chi connectivity index (χ4n) is 3.45. The minimum atomic E-state index is -3.84. The smallest absolute Gasteiger partial charge is 0.340 e. The van der Waals surface area contributed by atoms with Gasteiger partial charge in [-0.3, -0.25) is 4.90 Å². The molecule has 0 amide bonds. The molecular formula is C19H20F2N2O4S2. The maximum Gasteiger partial charge on any atom is 0.340 e. The van der Waals surface area contributed by atoms with Crippen LogP contribution in [0.1, 0.15) is 39.2 Å². The van der Waals surface area contributed by atoms with Gasteiger partial charge in [-0.25, -0.2) is 26.7 Å². The Kier molecular flexibility index (Phi) is 5.45. The summed E-state index contributed by atoms with van der Waals surface area (Å²) in [6.07, 6.45) is 1.95. The Balaban J connectivity index is 1.65. The molecule has 0 radical (unpaired) electrons. The van der Waals surface area contributed by atoms with Gasteiger partial charge in [0.1, 0.15) is 15.8 Å². The molecule has 0 bridgehead atoms. The van der Waals surface area contributed by atoms with Crippen LogP contribution in [-0.4, -0.2) is 39.0 Å². The van der Waals surface area contributed by atoms with Gasteiger partial charge >= 0.3 is 5.97 Å². The Morgan fingerprint density at radius 3 is 2.62 bits per heavy atom. The fourth-order valence-corrected chi connectivity index (χ4v) is 6.69. The fraction of sp³-hybridized carbons (Fsp3) is 0.421. The van der Waals surface area contributed by atoms with Crippen molar-refractivity contribution in [2.75, 3.05) is 13.7 Å². The van der Waals surface area contributed by atoms with E-state index in [-0.39, 0.29) is 27.9 Å². The molecule has 29 heavy (non-hydrogen) atoms. The number of methoxy groups -OCH3 is 1. The summed E-state index contributed by atoms with van der Waals surface area (Å²) in [6.45, 7) is 0.805. The van der Waals surface area contributed by atoms with E-state index in [1.54, 1.807) is 0 Å². The lowest BCUT2D eigenvalue weighted by Crippen LogP contribution is -2.30. The second-order valence-corrected chi connectivity index (χ2v) is 10.2. The van der Waals surface area contributed by atoms with Crippen molar-refractivity contribution in [3.05, 3.63) is 51.4 Å². The first kappa shape index (κ1) is 20.4. The highest BCUT2D eigenvalue weighted by molar-refractivity contribution is 7.91. The van der Waals surface area contributed by atoms with Crippen molar-refractivity contribution in [3.63, 3.8) is 0 Å². The van der Waals surface area contributed by atoms with Crippen LogP contribution in [-0.2, 0) is 34.3 Å². The molecule has 2 aromatic rings. The summed E-state index contributed by atoms with van der Waals surface area (Å²) in [5.41, 5.74) is 0.699. The van der Waals surface area contributed by atoms with Crippen LogP contribution in [0, 0.1) is 11.6 Å². The van der Waals surface area contributed by atoms with Gasteiger partial charge in [0.2, 0.25) is 0 Å². The van der Waals surface area contributed by atoms with Crippen LogP contribution < -0.4 is 4.72 Å². The van der Waals surface area contributed by atoms with E-state index in [1.807, 2.05) is 4.90 Å². The number of nitrogens with one attached hydrogen (secondary N) is 1. The van der Waals surface area contributed by atoms with Gasteiger partial charge in [0, 0.05) is 36.1 Å². The number of benzene rings is 1. The van der Waals surface area contributed by atoms with Gasteiger partial charge in [0.05, 0.1) is 12.7 Å². The Morgan fingerprint density at radius 2 is 2.00 bits per heavy atom. The standard InChI is InChI=1S/C19H20F2N2O4S2/c1-27-18(24)17-12-7-8-23(9-13-14(20)3-2-4-15(13)21)10-16(12)28-19(17)29(25,26)22-11-5-6-11/h2-4,11,22H,5-10H2,1H3. The number of sulfonamides is 1. The Hall–Kier alpha value is -1.88. The Bertz CT molecular complexity index is 1040. The van der Waals surface area contributed by atoms with E-state index in [0.29, 0.717) is 30.0 Å². The molecule has 0 saturated heterocycles. The molecule has 2 aliphatic rings. The third kappa shape index (κ3) is 4.07. The van der Waals surface area contributed by atoms with E-state index >= 15 is 0 Å². The summed E-state index contributed by atoms with van der Waals surface area (Å²) in [5.74, 6) is -1.92. The molecule has 6 nitrogen and oxygen atoms in total. The summed E-state index contributed by atoms with van der Waals surface area (Å²) in [4.78, 5) is 14.9. The van der Waals surface area contributed by atoms with Gasteiger partial charge in [-0.2, -0.15) is 0 Å². The summed E-state index contributed by atoms with van der Waals surface area (Å²) in [5, 5.41) is 0. The molecule has 0 atom stereocenters. The van der Waals surface area contributed by atoms with Crippen LogP contribution >= 0.6 is 11.3 Å². The minimum Gasteiger partial charge on any atom is -0.465 e. The number of thiophene rings is 1. The number of hydrogen-bond acceptors (Lipinski definition) is 6. The van der Waals surface area contributed by atoms with Crippen molar-refractivity contribution in [1.82, 2.24) is 9.62 Å².